The van der Waals surface area contributed by atoms with Gasteiger partial charge in [0.2, 0.25) is 0 Å². The lowest BCUT2D eigenvalue weighted by Gasteiger charge is -2.18. The topological polar surface area (TPSA) is 80.4 Å². The minimum atomic E-state index is -0.970. The number of carboxylic acid groups (broad SMARTS) is 1. The molecule has 0 amide bonds. The Bertz CT molecular complexity index is 315. The maximum Gasteiger partial charge on any atom is 0.314 e. The van der Waals surface area contributed by atoms with Crippen molar-refractivity contribution in [1.82, 2.24) is 0 Å². The highest BCUT2D eigenvalue weighted by molar-refractivity contribution is 5.96. The van der Waals surface area contributed by atoms with E-state index in [4.69, 9.17) is 10.8 Å². The molecule has 0 aromatic rings. The summed E-state index contributed by atoms with van der Waals surface area (Å²) in [6.07, 6.45) is 12.1. The summed E-state index contributed by atoms with van der Waals surface area (Å²) in [7, 11) is 0. The van der Waals surface area contributed by atoms with Crippen LogP contribution in [0.1, 0.15) is 91.4 Å². The van der Waals surface area contributed by atoms with Crippen molar-refractivity contribution in [3.05, 3.63) is 0 Å². The van der Waals surface area contributed by atoms with E-state index in [1.165, 1.54) is 39.0 Å². The van der Waals surface area contributed by atoms with Gasteiger partial charge in [-0.05, 0) is 39.0 Å². The van der Waals surface area contributed by atoms with E-state index in [9.17, 15) is 9.59 Å². The van der Waals surface area contributed by atoms with Gasteiger partial charge in [-0.25, -0.2) is 0 Å². The van der Waals surface area contributed by atoms with E-state index in [1.54, 1.807) is 0 Å². The molecule has 0 rings (SSSR count). The Labute approximate surface area is 142 Å². The lowest BCUT2D eigenvalue weighted by atomic mass is 9.87. The van der Waals surface area contributed by atoms with Gasteiger partial charge in [0, 0.05) is 6.04 Å². The van der Waals surface area contributed by atoms with Crippen LogP contribution in [0, 0.1) is 11.8 Å². The minimum Gasteiger partial charge on any atom is -0.481 e. The van der Waals surface area contributed by atoms with Crippen molar-refractivity contribution in [1.29, 1.82) is 0 Å². The molecular formula is C19H37NO3. The van der Waals surface area contributed by atoms with Crippen LogP contribution in [0.2, 0.25) is 0 Å². The Morgan fingerprint density at radius 3 is 1.96 bits per heavy atom. The maximum atomic E-state index is 11.4. The summed E-state index contributed by atoms with van der Waals surface area (Å²) >= 11 is 0. The smallest absolute Gasteiger partial charge is 0.314 e. The van der Waals surface area contributed by atoms with Crippen molar-refractivity contribution in [2.24, 2.45) is 17.6 Å². The summed E-state index contributed by atoms with van der Waals surface area (Å²) in [5.41, 5.74) is 5.74. The monoisotopic (exact) mass is 327 g/mol. The third-order valence-corrected chi connectivity index (χ3v) is 4.62. The first-order chi connectivity index (χ1) is 10.9. The van der Waals surface area contributed by atoms with Crippen LogP contribution < -0.4 is 5.73 Å². The average Bonchev–Trinajstić information content (AvgIpc) is 2.45. The molecular weight excluding hydrogens is 290 g/mol. The van der Waals surface area contributed by atoms with Gasteiger partial charge in [-0.3, -0.25) is 9.59 Å². The third kappa shape index (κ3) is 12.2. The zero-order valence-electron chi connectivity index (χ0n) is 15.4. The quantitative estimate of drug-likeness (QED) is 0.341. The molecule has 4 heteroatoms. The molecule has 3 atom stereocenters. The second-order valence-corrected chi connectivity index (χ2v) is 7.06. The molecule has 3 unspecified atom stereocenters. The number of Topliss-reactive ketones (excluding diaryl/α,β-unsaturated/α-hetero) is 1. The molecule has 0 fully saturated rings. The van der Waals surface area contributed by atoms with Crippen molar-refractivity contribution in [3.8, 4) is 0 Å². The van der Waals surface area contributed by atoms with Gasteiger partial charge < -0.3 is 10.8 Å². The highest BCUT2D eigenvalue weighted by Crippen LogP contribution is 2.24. The summed E-state index contributed by atoms with van der Waals surface area (Å²) in [6, 6.07) is 0.312. The lowest BCUT2D eigenvalue weighted by Crippen LogP contribution is -2.22. The van der Waals surface area contributed by atoms with Gasteiger partial charge in [0.1, 0.15) is 11.7 Å². The van der Waals surface area contributed by atoms with Gasteiger partial charge in [0.05, 0.1) is 0 Å². The highest BCUT2D eigenvalue weighted by Gasteiger charge is 2.23. The number of aliphatic carboxylic acids is 1. The first-order valence-corrected chi connectivity index (χ1v) is 9.37. The third-order valence-electron chi connectivity index (χ3n) is 4.62. The molecule has 0 aromatic carbocycles. The molecule has 0 aliphatic heterocycles. The first-order valence-electron chi connectivity index (χ1n) is 9.37. The van der Waals surface area contributed by atoms with Crippen LogP contribution in [0.15, 0.2) is 0 Å². The predicted octanol–water partition coefficient (Wildman–Crippen LogP) is 4.55. The predicted molar refractivity (Wildman–Crippen MR) is 95.4 cm³/mol. The Kier molecular flexibility index (Phi) is 13.0. The molecule has 3 N–H and O–H groups in total. The summed E-state index contributed by atoms with van der Waals surface area (Å²) in [6.45, 7) is 5.61. The van der Waals surface area contributed by atoms with Crippen LogP contribution in [0.3, 0.4) is 0 Å². The van der Waals surface area contributed by atoms with Crippen LogP contribution in [-0.4, -0.2) is 22.9 Å². The molecule has 136 valence electrons. The van der Waals surface area contributed by atoms with Gasteiger partial charge in [0.25, 0.3) is 0 Å². The van der Waals surface area contributed by atoms with Gasteiger partial charge in [-0.2, -0.15) is 0 Å². The zero-order chi connectivity index (χ0) is 17.7. The van der Waals surface area contributed by atoms with E-state index in [0.29, 0.717) is 18.4 Å². The molecule has 0 aromatic heterocycles. The maximum absolute atomic E-state index is 11.4. The summed E-state index contributed by atoms with van der Waals surface area (Å²) < 4.78 is 0. The number of unbranched alkanes of at least 4 members (excludes halogenated alkanes) is 4. The highest BCUT2D eigenvalue weighted by atomic mass is 16.4. The molecule has 0 radical (unpaired) electrons. The number of carboxylic acids is 1. The van der Waals surface area contributed by atoms with Crippen LogP contribution in [0.5, 0.6) is 0 Å². The van der Waals surface area contributed by atoms with Crippen molar-refractivity contribution in [2.45, 2.75) is 97.4 Å². The number of rotatable bonds is 15. The Hall–Kier alpha value is -0.900. The Morgan fingerprint density at radius 1 is 0.913 bits per heavy atom. The van der Waals surface area contributed by atoms with Crippen molar-refractivity contribution < 1.29 is 14.7 Å². The molecule has 0 heterocycles. The van der Waals surface area contributed by atoms with E-state index in [1.807, 2.05) is 0 Å². The summed E-state index contributed by atoms with van der Waals surface area (Å²) in [5.74, 6) is -1.44. The van der Waals surface area contributed by atoms with Crippen LogP contribution >= 0.6 is 0 Å². The number of hydrogen-bond acceptors (Lipinski definition) is 3. The molecule has 0 saturated heterocycles. The average molecular weight is 328 g/mol. The normalized spacial score (nSPS) is 15.1. The number of hydrogen-bond donors (Lipinski definition) is 2. The van der Waals surface area contributed by atoms with E-state index >= 15 is 0 Å². The largest absolute Gasteiger partial charge is 0.481 e. The molecule has 0 aliphatic carbocycles. The zero-order valence-corrected chi connectivity index (χ0v) is 15.4. The second kappa shape index (κ2) is 13.5. The SMILES string of the molecule is CCCC(CCCCCCCC(C)N)CCC(C(C)=O)C(=O)O. The molecule has 23 heavy (non-hydrogen) atoms. The van der Waals surface area contributed by atoms with Crippen LogP contribution in [-0.2, 0) is 9.59 Å². The Balaban J connectivity index is 3.93. The summed E-state index contributed by atoms with van der Waals surface area (Å²) in [4.78, 5) is 22.5. The standard InChI is InChI=1S/C19H37NO3/c1-4-10-17(13-14-18(16(3)21)19(22)23)12-9-7-5-6-8-11-15(2)20/h15,17-18H,4-14,20H2,1-3H3,(H,22,23). The molecule has 0 aliphatic rings. The van der Waals surface area contributed by atoms with Gasteiger partial charge in [0.15, 0.2) is 0 Å². The summed E-state index contributed by atoms with van der Waals surface area (Å²) in [5, 5.41) is 9.09. The molecule has 0 saturated carbocycles. The van der Waals surface area contributed by atoms with E-state index in [0.717, 1.165) is 32.1 Å². The van der Waals surface area contributed by atoms with Crippen LogP contribution in [0.25, 0.3) is 0 Å². The Morgan fingerprint density at radius 2 is 1.48 bits per heavy atom. The van der Waals surface area contributed by atoms with E-state index in [-0.39, 0.29) is 5.78 Å². The van der Waals surface area contributed by atoms with Crippen molar-refractivity contribution in [3.63, 3.8) is 0 Å². The fraction of sp³-hybridized carbons (Fsp3) is 0.895. The fourth-order valence-corrected chi connectivity index (χ4v) is 3.17. The fourth-order valence-electron chi connectivity index (χ4n) is 3.17. The van der Waals surface area contributed by atoms with Gasteiger partial charge in [-0.1, -0.05) is 58.3 Å². The number of nitrogens with two attached hydrogens (primary N) is 1. The van der Waals surface area contributed by atoms with Crippen molar-refractivity contribution in [2.75, 3.05) is 0 Å². The van der Waals surface area contributed by atoms with E-state index < -0.39 is 11.9 Å². The van der Waals surface area contributed by atoms with Crippen molar-refractivity contribution >= 4 is 11.8 Å². The number of carbonyl (C=O) groups is 2. The molecule has 0 spiro atoms. The van der Waals surface area contributed by atoms with Gasteiger partial charge in [-0.15, -0.1) is 0 Å². The second-order valence-electron chi connectivity index (χ2n) is 7.06. The number of carbonyl (C=O) groups excluding carboxylic acids is 1. The minimum absolute atomic E-state index is 0.220. The first kappa shape index (κ1) is 22.1. The number of ketones is 1. The molecule has 4 nitrogen and oxygen atoms in total. The van der Waals surface area contributed by atoms with Crippen LogP contribution in [0.4, 0.5) is 0 Å². The lowest BCUT2D eigenvalue weighted by molar-refractivity contribution is -0.146. The van der Waals surface area contributed by atoms with Gasteiger partial charge >= 0.3 is 5.97 Å². The molecule has 0 bridgehead atoms. The van der Waals surface area contributed by atoms with E-state index in [2.05, 4.69) is 13.8 Å².